The quantitative estimate of drug-likeness (QED) is 0.408. The Morgan fingerprint density at radius 3 is 2.40 bits per heavy atom. The van der Waals surface area contributed by atoms with Gasteiger partial charge in [0.25, 0.3) is 0 Å². The summed E-state index contributed by atoms with van der Waals surface area (Å²) in [6.07, 6.45) is 28.1. The van der Waals surface area contributed by atoms with Gasteiger partial charge in [0.2, 0.25) is 0 Å². The van der Waals surface area contributed by atoms with E-state index in [1.54, 1.807) is 18.1 Å². The van der Waals surface area contributed by atoms with Gasteiger partial charge >= 0.3 is 26.2 Å². The molecule has 0 bridgehead atoms. The van der Waals surface area contributed by atoms with Gasteiger partial charge in [0.1, 0.15) is 0 Å². The molecule has 1 heterocycles. The van der Waals surface area contributed by atoms with Crippen LogP contribution in [0.5, 0.6) is 0 Å². The molecule has 3 aliphatic carbocycles. The van der Waals surface area contributed by atoms with Crippen LogP contribution >= 0.6 is 0 Å². The third kappa shape index (κ3) is 6.34. The smallest absolute Gasteiger partial charge is 1.00 e. The molecular weight excluding hydrogens is 442 g/mol. The van der Waals surface area contributed by atoms with Crippen molar-refractivity contribution in [2.24, 2.45) is 11.8 Å². The summed E-state index contributed by atoms with van der Waals surface area (Å²) >= 11 is 0. The van der Waals surface area contributed by atoms with Crippen molar-refractivity contribution in [3.63, 3.8) is 0 Å². The molecule has 0 N–H and O–H groups in total. The number of halogens is 2. The minimum Gasteiger partial charge on any atom is -1.00 e. The number of rotatable bonds is 4. The summed E-state index contributed by atoms with van der Waals surface area (Å²) in [5.74, 6) is 1.75. The standard InChI is InChI=1S/C16H25Si.C5H5.2ClH.Zr/c1-2-3-11-17(12-6-13-17)16-10-9-14-7-4-5-8-15(14)16;1-2-4-5-3-1;;;/h4-5,7-8,10,14-16H,2-3,6,9,11-13H2,1H3;1-3H,4H2;2*1H;/q2*-1;;;+4/p-2. The Morgan fingerprint density at radius 2 is 1.88 bits per heavy atom. The minimum absolute atomic E-state index is 0. The average molecular weight is 473 g/mol. The molecule has 0 spiro atoms. The molecule has 0 nitrogen and oxygen atoms in total. The van der Waals surface area contributed by atoms with Crippen LogP contribution < -0.4 is 24.8 Å². The van der Waals surface area contributed by atoms with Crippen LogP contribution in [0.15, 0.2) is 42.5 Å². The first kappa shape index (κ1) is 25.6. The van der Waals surface area contributed by atoms with Crippen LogP contribution in [0.4, 0.5) is 0 Å². The molecule has 1 saturated carbocycles. The summed E-state index contributed by atoms with van der Waals surface area (Å²) < 4.78 is 0. The van der Waals surface area contributed by atoms with Crippen molar-refractivity contribution in [2.75, 3.05) is 0 Å². The zero-order valence-electron chi connectivity index (χ0n) is 15.3. The van der Waals surface area contributed by atoms with Gasteiger partial charge in [-0.15, -0.1) is 6.42 Å². The predicted molar refractivity (Wildman–Crippen MR) is 99.2 cm³/mol. The second-order valence-corrected chi connectivity index (χ2v) is 12.2. The summed E-state index contributed by atoms with van der Waals surface area (Å²) in [5, 5.41) is 0. The van der Waals surface area contributed by atoms with E-state index in [1.165, 1.54) is 25.7 Å². The van der Waals surface area contributed by atoms with Gasteiger partial charge in [0.15, 0.2) is 0 Å². The summed E-state index contributed by atoms with van der Waals surface area (Å²) in [4.78, 5) is 0. The SMILES string of the molecule is CCCC[Si]1(C2[CH-]CC3C=CC=CC32)CCC1.[C-]1=CC=CC1.[Cl-].[Cl-].[Zr+4]. The van der Waals surface area contributed by atoms with Crippen molar-refractivity contribution in [1.82, 2.24) is 0 Å². The molecule has 3 unspecified atom stereocenters. The first-order chi connectivity index (χ1) is 10.9. The maximum atomic E-state index is 2.99. The molecule has 4 heteroatoms. The Kier molecular flexibility index (Phi) is 13.3. The normalized spacial score (nSPS) is 29.2. The van der Waals surface area contributed by atoms with Crippen LogP contribution in [0, 0.1) is 24.3 Å². The number of unbranched alkanes of at least 4 members (excludes halogenated alkanes) is 1. The fourth-order valence-electron chi connectivity index (χ4n) is 4.66. The molecule has 0 aromatic carbocycles. The largest absolute Gasteiger partial charge is 4.00 e. The van der Waals surface area contributed by atoms with Gasteiger partial charge in [-0.3, -0.25) is 6.08 Å². The van der Waals surface area contributed by atoms with E-state index in [2.05, 4.69) is 49.8 Å². The van der Waals surface area contributed by atoms with Gasteiger partial charge in [-0.05, 0) is 11.8 Å². The Hall–Kier alpha value is 0.640. The molecule has 25 heavy (non-hydrogen) atoms. The zero-order chi connectivity index (χ0) is 15.3. The predicted octanol–water partition coefficient (Wildman–Crippen LogP) is 0.287. The number of hydrogen-bond donors (Lipinski definition) is 0. The van der Waals surface area contributed by atoms with Gasteiger partial charge in [0, 0.05) is 8.07 Å². The molecule has 0 amide bonds. The maximum absolute atomic E-state index is 2.99. The van der Waals surface area contributed by atoms with Crippen molar-refractivity contribution >= 4 is 8.07 Å². The van der Waals surface area contributed by atoms with Crippen molar-refractivity contribution in [1.29, 1.82) is 0 Å². The van der Waals surface area contributed by atoms with Crippen LogP contribution in [0.3, 0.4) is 0 Å². The third-order valence-electron chi connectivity index (χ3n) is 6.04. The van der Waals surface area contributed by atoms with Crippen LogP contribution in [0.25, 0.3) is 0 Å². The maximum Gasteiger partial charge on any atom is 4.00 e. The fraction of sp³-hybridized carbons (Fsp3) is 0.571. The fourth-order valence-corrected chi connectivity index (χ4v) is 10.3. The van der Waals surface area contributed by atoms with E-state index in [1.807, 2.05) is 12.2 Å². The third-order valence-corrected chi connectivity index (χ3v) is 12.1. The first-order valence-corrected chi connectivity index (χ1v) is 12.0. The summed E-state index contributed by atoms with van der Waals surface area (Å²) in [6.45, 7) is 2.35. The molecule has 2 fully saturated rings. The van der Waals surface area contributed by atoms with E-state index >= 15 is 0 Å². The zero-order valence-corrected chi connectivity index (χ0v) is 20.2. The summed E-state index contributed by atoms with van der Waals surface area (Å²) in [7, 11) is -0.880. The molecular formula is C21H30Cl2SiZr. The summed E-state index contributed by atoms with van der Waals surface area (Å²) in [6, 6.07) is 4.88. The number of hydrogen-bond acceptors (Lipinski definition) is 0. The van der Waals surface area contributed by atoms with Crippen LogP contribution in [-0.2, 0) is 26.2 Å². The molecule has 1 saturated heterocycles. The van der Waals surface area contributed by atoms with Crippen LogP contribution in [-0.4, -0.2) is 8.07 Å². The first-order valence-electron chi connectivity index (χ1n) is 9.26. The van der Waals surface area contributed by atoms with Crippen LogP contribution in [0.1, 0.15) is 39.0 Å². The number of allylic oxidation sites excluding steroid dienone is 8. The Bertz CT molecular complexity index is 470. The van der Waals surface area contributed by atoms with Crippen molar-refractivity contribution < 1.29 is 51.0 Å². The minimum atomic E-state index is -0.880. The molecule has 136 valence electrons. The average Bonchev–Trinajstić information content (AvgIpc) is 3.20. The van der Waals surface area contributed by atoms with Crippen molar-refractivity contribution in [3.8, 4) is 0 Å². The van der Waals surface area contributed by atoms with E-state index in [-0.39, 0.29) is 51.0 Å². The van der Waals surface area contributed by atoms with E-state index in [4.69, 9.17) is 0 Å². The molecule has 1 aliphatic heterocycles. The Labute approximate surface area is 187 Å². The van der Waals surface area contributed by atoms with Crippen molar-refractivity contribution in [2.45, 2.75) is 62.7 Å². The van der Waals surface area contributed by atoms with Gasteiger partial charge < -0.3 is 31.2 Å². The molecule has 4 aliphatic rings. The van der Waals surface area contributed by atoms with E-state index in [9.17, 15) is 0 Å². The molecule has 4 rings (SSSR count). The Morgan fingerprint density at radius 1 is 1.12 bits per heavy atom. The molecule has 0 aromatic rings. The number of fused-ring (bicyclic) bond motifs is 1. The topological polar surface area (TPSA) is 0 Å². The molecule has 0 radical (unpaired) electrons. The second kappa shape index (κ2) is 12.9. The monoisotopic (exact) mass is 470 g/mol. The van der Waals surface area contributed by atoms with E-state index < -0.39 is 8.07 Å². The van der Waals surface area contributed by atoms with Crippen LogP contribution in [0.2, 0.25) is 23.7 Å². The van der Waals surface area contributed by atoms with Gasteiger partial charge in [0.05, 0.1) is 0 Å². The Balaban J connectivity index is 0.000000630. The van der Waals surface area contributed by atoms with E-state index in [0.717, 1.165) is 23.8 Å². The van der Waals surface area contributed by atoms with E-state index in [0.29, 0.717) is 0 Å². The second-order valence-electron chi connectivity index (χ2n) is 7.33. The molecule has 0 aromatic heterocycles. The van der Waals surface area contributed by atoms with Gasteiger partial charge in [-0.1, -0.05) is 68.6 Å². The van der Waals surface area contributed by atoms with Crippen molar-refractivity contribution in [3.05, 3.63) is 55.0 Å². The molecule has 3 atom stereocenters. The van der Waals surface area contributed by atoms with Gasteiger partial charge in [-0.2, -0.15) is 18.0 Å². The van der Waals surface area contributed by atoms with Gasteiger partial charge in [-0.25, -0.2) is 12.2 Å². The summed E-state index contributed by atoms with van der Waals surface area (Å²) in [5.41, 5.74) is 1.02.